The number of aryl methyl sites for hydroxylation is 2. The zero-order valence-corrected chi connectivity index (χ0v) is 28.3. The summed E-state index contributed by atoms with van der Waals surface area (Å²) < 4.78 is 8.90. The smallest absolute Gasteiger partial charge is 0.234 e. The molecule has 0 radical (unpaired) electrons. The Morgan fingerprint density at radius 3 is 1.20 bits per heavy atom. The van der Waals surface area contributed by atoms with Crippen LogP contribution in [0.25, 0.3) is 21.1 Å². The van der Waals surface area contributed by atoms with Crippen molar-refractivity contribution in [2.75, 3.05) is 0 Å². The summed E-state index contributed by atoms with van der Waals surface area (Å²) in [7, 11) is 0. The number of nitrogens with zero attached hydrogens (tertiary/aromatic N) is 2. The summed E-state index contributed by atoms with van der Waals surface area (Å²) in [5.41, 5.74) is 1.12. The maximum Gasteiger partial charge on any atom is 0.234 e. The van der Waals surface area contributed by atoms with Crippen molar-refractivity contribution in [1.82, 2.24) is 8.75 Å². The van der Waals surface area contributed by atoms with Gasteiger partial charge in [-0.3, -0.25) is 4.79 Å². The number of aromatic nitrogens is 2. The van der Waals surface area contributed by atoms with Gasteiger partial charge in [0.1, 0.15) is 11.4 Å². The molecule has 3 aromatic heterocycles. The second-order valence-electron chi connectivity index (χ2n) is 11.7. The van der Waals surface area contributed by atoms with Crippen LogP contribution in [0.4, 0.5) is 0 Å². The molecule has 0 spiro atoms. The lowest BCUT2D eigenvalue weighted by atomic mass is 10.1. The fourth-order valence-corrected chi connectivity index (χ4v) is 8.22. The first kappa shape index (κ1) is 34.1. The van der Waals surface area contributed by atoms with Gasteiger partial charge in [-0.25, -0.2) is 0 Å². The highest BCUT2D eigenvalue weighted by Gasteiger charge is 2.16. The molecule has 0 saturated carbocycles. The Balaban J connectivity index is 1.38. The highest BCUT2D eigenvalue weighted by atomic mass is 32.1. The molecule has 3 heterocycles. The lowest BCUT2D eigenvalue weighted by Gasteiger charge is -2.02. The van der Waals surface area contributed by atoms with Gasteiger partial charge in [0.2, 0.25) is 5.43 Å². The van der Waals surface area contributed by atoms with E-state index in [0.717, 1.165) is 34.3 Å². The minimum atomic E-state index is -0.0246. The predicted octanol–water partition coefficient (Wildman–Crippen LogP) is 12.3. The van der Waals surface area contributed by atoms with Crippen molar-refractivity contribution in [3.05, 3.63) is 44.2 Å². The van der Waals surface area contributed by atoms with Crippen LogP contribution in [0.15, 0.2) is 29.1 Å². The van der Waals surface area contributed by atoms with Crippen molar-refractivity contribution in [3.63, 3.8) is 0 Å². The molecule has 6 heteroatoms. The molecule has 3 nitrogen and oxygen atoms in total. The van der Waals surface area contributed by atoms with Gasteiger partial charge in [0.15, 0.2) is 0 Å². The molecule has 3 rings (SSSR count). The van der Waals surface area contributed by atoms with Gasteiger partial charge in [-0.2, -0.15) is 8.75 Å². The van der Waals surface area contributed by atoms with Gasteiger partial charge in [0, 0.05) is 9.75 Å². The summed E-state index contributed by atoms with van der Waals surface area (Å²) in [6, 6.07) is 8.55. The van der Waals surface area contributed by atoms with E-state index < -0.39 is 0 Å². The Bertz CT molecular complexity index is 1050. The molecular formula is C35H54N2OS3. The molecule has 0 aliphatic rings. The SMILES string of the molecule is CCCCCCCCCCCCc1ccc(-c2nsnc(-c3ccc(CCCCCCCCCCCC)s3)c2=O)s1. The molecule has 0 amide bonds. The van der Waals surface area contributed by atoms with E-state index in [-0.39, 0.29) is 5.43 Å². The second kappa shape index (κ2) is 21.3. The average molecular weight is 615 g/mol. The lowest BCUT2D eigenvalue weighted by Crippen LogP contribution is -2.09. The third kappa shape index (κ3) is 13.2. The normalized spacial score (nSPS) is 11.5. The topological polar surface area (TPSA) is 42.9 Å². The molecular weight excluding hydrogens is 561 g/mol. The molecule has 0 unspecified atom stereocenters. The van der Waals surface area contributed by atoms with Crippen LogP contribution in [0.2, 0.25) is 0 Å². The number of hydrogen-bond acceptors (Lipinski definition) is 6. The Morgan fingerprint density at radius 1 is 0.488 bits per heavy atom. The Morgan fingerprint density at radius 2 is 0.829 bits per heavy atom. The number of thiophene rings is 2. The summed E-state index contributed by atoms with van der Waals surface area (Å²) in [4.78, 5) is 18.1. The fourth-order valence-electron chi connectivity index (χ4n) is 5.46. The van der Waals surface area contributed by atoms with Crippen molar-refractivity contribution >= 4 is 34.4 Å². The van der Waals surface area contributed by atoms with E-state index in [4.69, 9.17) is 0 Å². The van der Waals surface area contributed by atoms with Crippen LogP contribution >= 0.6 is 34.4 Å². The summed E-state index contributed by atoms with van der Waals surface area (Å²) in [5.74, 6) is 0. The quantitative estimate of drug-likeness (QED) is 0.0943. The molecule has 41 heavy (non-hydrogen) atoms. The zero-order valence-electron chi connectivity index (χ0n) is 25.9. The molecule has 228 valence electrons. The molecule has 0 aliphatic carbocycles. The lowest BCUT2D eigenvalue weighted by molar-refractivity contribution is 0.557. The van der Waals surface area contributed by atoms with E-state index in [1.807, 2.05) is 0 Å². The molecule has 0 aliphatic heterocycles. The Labute approximate surface area is 262 Å². The second-order valence-corrected chi connectivity index (χ2v) is 14.6. The minimum absolute atomic E-state index is 0.0246. The van der Waals surface area contributed by atoms with Crippen molar-refractivity contribution in [2.24, 2.45) is 0 Å². The monoisotopic (exact) mass is 614 g/mol. The predicted molar refractivity (Wildman–Crippen MR) is 184 cm³/mol. The van der Waals surface area contributed by atoms with Crippen LogP contribution in [0.1, 0.15) is 152 Å². The first-order valence-corrected chi connectivity index (χ1v) is 19.1. The van der Waals surface area contributed by atoms with E-state index >= 15 is 0 Å². The number of hydrogen-bond donors (Lipinski definition) is 0. The number of unbranched alkanes of at least 4 members (excludes halogenated alkanes) is 18. The van der Waals surface area contributed by atoms with E-state index in [1.54, 1.807) is 22.7 Å². The van der Waals surface area contributed by atoms with Gasteiger partial charge in [-0.05, 0) is 49.9 Å². The zero-order chi connectivity index (χ0) is 29.0. The third-order valence-electron chi connectivity index (χ3n) is 8.04. The molecule has 0 bridgehead atoms. The Hall–Kier alpha value is -1.37. The minimum Gasteiger partial charge on any atom is -0.285 e. The third-order valence-corrected chi connectivity index (χ3v) is 10.9. The molecule has 0 aromatic carbocycles. The Kier molecular flexibility index (Phi) is 17.8. The summed E-state index contributed by atoms with van der Waals surface area (Å²) in [5, 5.41) is 0. The first-order valence-electron chi connectivity index (χ1n) is 16.8. The summed E-state index contributed by atoms with van der Waals surface area (Å²) in [6.45, 7) is 4.56. The van der Waals surface area contributed by atoms with Gasteiger partial charge in [0.25, 0.3) is 0 Å². The fraction of sp³-hybridized carbons (Fsp3) is 0.686. The van der Waals surface area contributed by atoms with E-state index in [9.17, 15) is 4.79 Å². The van der Waals surface area contributed by atoms with Gasteiger partial charge < -0.3 is 0 Å². The van der Waals surface area contributed by atoms with Gasteiger partial charge in [0.05, 0.1) is 21.5 Å². The van der Waals surface area contributed by atoms with Gasteiger partial charge in [-0.1, -0.05) is 129 Å². The van der Waals surface area contributed by atoms with Crippen molar-refractivity contribution in [3.8, 4) is 21.1 Å². The molecule has 0 atom stereocenters. The van der Waals surface area contributed by atoms with Gasteiger partial charge >= 0.3 is 0 Å². The summed E-state index contributed by atoms with van der Waals surface area (Å²) >= 11 is 4.63. The van der Waals surface area contributed by atoms with Crippen molar-refractivity contribution in [2.45, 2.75) is 155 Å². The van der Waals surface area contributed by atoms with E-state index in [0.29, 0.717) is 11.4 Å². The maximum absolute atomic E-state index is 13.4. The highest BCUT2D eigenvalue weighted by Crippen LogP contribution is 2.30. The van der Waals surface area contributed by atoms with Crippen LogP contribution in [-0.4, -0.2) is 8.75 Å². The number of rotatable bonds is 24. The first-order chi connectivity index (χ1) is 20.2. The van der Waals surface area contributed by atoms with Crippen molar-refractivity contribution < 1.29 is 0 Å². The molecule has 0 fully saturated rings. The van der Waals surface area contributed by atoms with E-state index in [2.05, 4.69) is 46.9 Å². The van der Waals surface area contributed by atoms with Crippen LogP contribution in [0, 0.1) is 0 Å². The largest absolute Gasteiger partial charge is 0.285 e. The molecule has 0 saturated heterocycles. The van der Waals surface area contributed by atoms with Crippen LogP contribution in [0.5, 0.6) is 0 Å². The van der Waals surface area contributed by atoms with Crippen LogP contribution in [0.3, 0.4) is 0 Å². The standard InChI is InChI=1S/C35H54N2OS3/c1-3-5-7-9-11-13-15-17-19-21-23-29-25-27-31(39-29)33-35(38)34(37-41-36-33)32-28-26-30(40-32)24-22-20-18-16-14-12-10-8-6-4-2/h25-28H,3-24H2,1-2H3. The summed E-state index contributed by atoms with van der Waals surface area (Å²) in [6.07, 6.45) is 29.3. The molecule has 0 N–H and O–H groups in total. The average Bonchev–Trinajstić information content (AvgIpc) is 3.65. The molecule has 3 aromatic rings. The van der Waals surface area contributed by atoms with E-state index in [1.165, 1.54) is 138 Å². The maximum atomic E-state index is 13.4. The van der Waals surface area contributed by atoms with Crippen LogP contribution < -0.4 is 5.43 Å². The van der Waals surface area contributed by atoms with Gasteiger partial charge in [-0.15, -0.1) is 22.7 Å². The van der Waals surface area contributed by atoms with Crippen molar-refractivity contribution in [1.29, 1.82) is 0 Å². The van der Waals surface area contributed by atoms with Crippen LogP contribution in [-0.2, 0) is 12.8 Å². The highest BCUT2D eigenvalue weighted by molar-refractivity contribution is 7.16.